The zero-order valence-corrected chi connectivity index (χ0v) is 16.6. The average molecular weight is 379 g/mol. The van der Waals surface area contributed by atoms with Crippen LogP contribution in [0.5, 0.6) is 11.5 Å². The number of Topliss-reactive ketones (excluding diaryl/α,β-unsaturated/α-hetero) is 1. The number of carbonyl (C=O) groups excluding carboxylic acids is 1. The Morgan fingerprint density at radius 3 is 2.75 bits per heavy atom. The third-order valence-corrected chi connectivity index (χ3v) is 5.19. The summed E-state index contributed by atoms with van der Waals surface area (Å²) in [4.78, 5) is 15.2. The molecule has 28 heavy (non-hydrogen) atoms. The highest BCUT2D eigenvalue weighted by molar-refractivity contribution is 6.15. The number of carbonyl (C=O) groups is 1. The van der Waals surface area contributed by atoms with Crippen molar-refractivity contribution in [3.05, 3.63) is 63.9 Å². The second-order valence-corrected chi connectivity index (χ2v) is 7.40. The van der Waals surface area contributed by atoms with Gasteiger partial charge in [-0.05, 0) is 43.5 Å². The third kappa shape index (κ3) is 3.55. The molecule has 2 aromatic carbocycles. The molecule has 0 atom stereocenters. The Morgan fingerprint density at radius 2 is 2.00 bits per heavy atom. The fraction of sp³-hybridized carbons (Fsp3) is 0.348. The van der Waals surface area contributed by atoms with E-state index in [9.17, 15) is 4.79 Å². The molecule has 0 unspecified atom stereocenters. The van der Waals surface area contributed by atoms with Crippen molar-refractivity contribution >= 4 is 11.9 Å². The van der Waals surface area contributed by atoms with Gasteiger partial charge in [0.1, 0.15) is 18.2 Å². The first kappa shape index (κ1) is 18.7. The molecule has 2 aromatic rings. The zero-order valence-electron chi connectivity index (χ0n) is 16.6. The number of hydrogen-bond acceptors (Lipinski definition) is 5. The van der Waals surface area contributed by atoms with Crippen LogP contribution in [0.25, 0.3) is 6.08 Å². The first-order valence-corrected chi connectivity index (χ1v) is 9.58. The highest BCUT2D eigenvalue weighted by atomic mass is 16.5. The Balaban J connectivity index is 1.64. The molecule has 5 heteroatoms. The van der Waals surface area contributed by atoms with Gasteiger partial charge in [0.15, 0.2) is 5.76 Å². The van der Waals surface area contributed by atoms with E-state index in [0.29, 0.717) is 37.0 Å². The Kier molecular flexibility index (Phi) is 5.20. The molecule has 0 saturated heterocycles. The van der Waals surface area contributed by atoms with Crippen molar-refractivity contribution in [2.75, 3.05) is 27.0 Å². The number of nitrogens with zero attached hydrogens (tertiary/aromatic N) is 1. The zero-order chi connectivity index (χ0) is 19.7. The topological polar surface area (TPSA) is 48.0 Å². The van der Waals surface area contributed by atoms with Crippen LogP contribution >= 0.6 is 0 Å². The van der Waals surface area contributed by atoms with Gasteiger partial charge in [-0.3, -0.25) is 9.69 Å². The second kappa shape index (κ2) is 7.78. The quantitative estimate of drug-likeness (QED) is 0.578. The van der Waals surface area contributed by atoms with E-state index in [2.05, 4.69) is 4.90 Å². The molecule has 0 spiro atoms. The van der Waals surface area contributed by atoms with Crippen LogP contribution < -0.4 is 9.47 Å². The number of allylic oxidation sites excluding steroid dienone is 1. The Labute approximate surface area is 165 Å². The summed E-state index contributed by atoms with van der Waals surface area (Å²) in [6, 6.07) is 9.99. The molecule has 0 radical (unpaired) electrons. The smallest absolute Gasteiger partial charge is 0.232 e. The number of methoxy groups -OCH3 is 1. The van der Waals surface area contributed by atoms with Crippen molar-refractivity contribution in [3.63, 3.8) is 0 Å². The largest absolute Gasteiger partial charge is 0.478 e. The SMILES string of the molecule is COCCCN1COc2cc(C)c3c(c2C1)O/C(=C\c1ccc(C)cc1)C3=O. The van der Waals surface area contributed by atoms with Crippen molar-refractivity contribution in [2.24, 2.45) is 0 Å². The van der Waals surface area contributed by atoms with Crippen LogP contribution in [0.2, 0.25) is 0 Å². The van der Waals surface area contributed by atoms with Gasteiger partial charge in [0.05, 0.1) is 11.1 Å². The first-order valence-electron chi connectivity index (χ1n) is 9.58. The normalized spacial score (nSPS) is 17.2. The van der Waals surface area contributed by atoms with Crippen LogP contribution in [0, 0.1) is 13.8 Å². The van der Waals surface area contributed by atoms with Gasteiger partial charge in [-0.2, -0.15) is 0 Å². The molecule has 0 saturated carbocycles. The van der Waals surface area contributed by atoms with Gasteiger partial charge in [-0.15, -0.1) is 0 Å². The molecule has 146 valence electrons. The summed E-state index contributed by atoms with van der Waals surface area (Å²) in [5.41, 5.74) is 4.62. The molecule has 0 amide bonds. The molecule has 0 aliphatic carbocycles. The van der Waals surface area contributed by atoms with Crippen molar-refractivity contribution < 1.29 is 19.0 Å². The maximum atomic E-state index is 13.0. The number of hydrogen-bond donors (Lipinski definition) is 0. The Bertz CT molecular complexity index is 931. The standard InChI is InChI=1S/C23H25NO4/c1-15-5-7-17(8-6-15)12-20-22(25)21-16(2)11-19-18(23(21)28-20)13-24(14-27-19)9-4-10-26-3/h5-8,11-12H,4,9-10,13-14H2,1-3H3/b20-12-. The summed E-state index contributed by atoms with van der Waals surface area (Å²) in [6.07, 6.45) is 2.75. The first-order chi connectivity index (χ1) is 13.6. The summed E-state index contributed by atoms with van der Waals surface area (Å²) < 4.78 is 17.2. The fourth-order valence-electron chi connectivity index (χ4n) is 3.67. The number of fused-ring (bicyclic) bond motifs is 3. The Hall–Kier alpha value is -2.63. The molecule has 5 nitrogen and oxygen atoms in total. The van der Waals surface area contributed by atoms with Gasteiger partial charge in [-0.1, -0.05) is 29.8 Å². The van der Waals surface area contributed by atoms with Crippen molar-refractivity contribution in [1.82, 2.24) is 4.90 Å². The predicted molar refractivity (Wildman–Crippen MR) is 108 cm³/mol. The molecule has 4 rings (SSSR count). The monoisotopic (exact) mass is 379 g/mol. The minimum Gasteiger partial charge on any atom is -0.478 e. The molecule has 2 aliphatic heterocycles. The van der Waals surface area contributed by atoms with E-state index in [1.807, 2.05) is 50.3 Å². The van der Waals surface area contributed by atoms with E-state index in [4.69, 9.17) is 14.2 Å². The van der Waals surface area contributed by atoms with Crippen molar-refractivity contribution in [1.29, 1.82) is 0 Å². The van der Waals surface area contributed by atoms with Crippen LogP contribution in [0.4, 0.5) is 0 Å². The summed E-state index contributed by atoms with van der Waals surface area (Å²) in [7, 11) is 1.71. The molecule has 2 aliphatic rings. The minimum atomic E-state index is -0.0626. The maximum Gasteiger partial charge on any atom is 0.232 e. The fourth-order valence-corrected chi connectivity index (χ4v) is 3.67. The summed E-state index contributed by atoms with van der Waals surface area (Å²) >= 11 is 0. The summed E-state index contributed by atoms with van der Waals surface area (Å²) in [5.74, 6) is 1.76. The maximum absolute atomic E-state index is 13.0. The number of rotatable bonds is 5. The molecule has 0 fully saturated rings. The van der Waals surface area contributed by atoms with E-state index >= 15 is 0 Å². The van der Waals surface area contributed by atoms with Gasteiger partial charge >= 0.3 is 0 Å². The number of ketones is 1. The van der Waals surface area contributed by atoms with E-state index in [1.165, 1.54) is 5.56 Å². The van der Waals surface area contributed by atoms with Gasteiger partial charge in [0.25, 0.3) is 0 Å². The highest BCUT2D eigenvalue weighted by Crippen LogP contribution is 2.44. The molecular formula is C23H25NO4. The number of aryl methyl sites for hydroxylation is 2. The van der Waals surface area contributed by atoms with Crippen LogP contribution in [-0.2, 0) is 11.3 Å². The van der Waals surface area contributed by atoms with E-state index in [-0.39, 0.29) is 5.78 Å². The van der Waals surface area contributed by atoms with Gasteiger partial charge in [0.2, 0.25) is 5.78 Å². The van der Waals surface area contributed by atoms with Gasteiger partial charge in [0, 0.05) is 26.8 Å². The third-order valence-electron chi connectivity index (χ3n) is 5.19. The molecular weight excluding hydrogens is 354 g/mol. The van der Waals surface area contributed by atoms with Gasteiger partial charge < -0.3 is 14.2 Å². The van der Waals surface area contributed by atoms with Crippen molar-refractivity contribution in [3.8, 4) is 11.5 Å². The predicted octanol–water partition coefficient (Wildman–Crippen LogP) is 4.11. The lowest BCUT2D eigenvalue weighted by Gasteiger charge is -2.30. The lowest BCUT2D eigenvalue weighted by atomic mass is 9.98. The lowest BCUT2D eigenvalue weighted by molar-refractivity contribution is 0.0822. The highest BCUT2D eigenvalue weighted by Gasteiger charge is 2.35. The van der Waals surface area contributed by atoms with Crippen LogP contribution in [0.15, 0.2) is 36.1 Å². The number of ether oxygens (including phenoxy) is 3. The summed E-state index contributed by atoms with van der Waals surface area (Å²) in [5, 5.41) is 0. The average Bonchev–Trinajstić information content (AvgIpc) is 3.01. The van der Waals surface area contributed by atoms with Crippen molar-refractivity contribution in [2.45, 2.75) is 26.8 Å². The van der Waals surface area contributed by atoms with Gasteiger partial charge in [-0.25, -0.2) is 0 Å². The van der Waals surface area contributed by atoms with E-state index < -0.39 is 0 Å². The molecule has 0 aromatic heterocycles. The van der Waals surface area contributed by atoms with Crippen LogP contribution in [0.1, 0.15) is 39.0 Å². The molecule has 2 heterocycles. The lowest BCUT2D eigenvalue weighted by Crippen LogP contribution is -2.33. The van der Waals surface area contributed by atoms with E-state index in [0.717, 1.165) is 35.4 Å². The van der Waals surface area contributed by atoms with Crippen LogP contribution in [-0.4, -0.2) is 37.7 Å². The molecule has 0 bridgehead atoms. The number of benzene rings is 2. The Morgan fingerprint density at radius 1 is 1.21 bits per heavy atom. The van der Waals surface area contributed by atoms with E-state index in [1.54, 1.807) is 7.11 Å². The molecule has 0 N–H and O–H groups in total. The van der Waals surface area contributed by atoms with Crippen LogP contribution in [0.3, 0.4) is 0 Å². The second-order valence-electron chi connectivity index (χ2n) is 7.40. The summed E-state index contributed by atoms with van der Waals surface area (Å²) in [6.45, 7) is 6.80. The minimum absolute atomic E-state index is 0.0626.